The molecule has 6 nitrogen and oxygen atoms in total. The van der Waals surface area contributed by atoms with E-state index in [4.69, 9.17) is 8.83 Å². The van der Waals surface area contributed by atoms with Crippen molar-refractivity contribution in [2.45, 2.75) is 0 Å². The van der Waals surface area contributed by atoms with Gasteiger partial charge in [0.2, 0.25) is 0 Å². The van der Waals surface area contributed by atoms with Crippen molar-refractivity contribution in [2.24, 2.45) is 0 Å². The molecule has 3 rings (SSSR count). The maximum atomic E-state index is 11.8. The van der Waals surface area contributed by atoms with Gasteiger partial charge in [0, 0.05) is 11.4 Å². The van der Waals surface area contributed by atoms with Crippen LogP contribution in [0.2, 0.25) is 0 Å². The fourth-order valence-electron chi connectivity index (χ4n) is 1.83. The third kappa shape index (κ3) is 3.06. The van der Waals surface area contributed by atoms with Crippen LogP contribution in [0.15, 0.2) is 70.3 Å². The smallest absolute Gasteiger partial charge is 0.258 e. The minimum Gasteiger partial charge on any atom is -0.472 e. The van der Waals surface area contributed by atoms with E-state index in [1.165, 1.54) is 25.1 Å². The van der Waals surface area contributed by atoms with E-state index >= 15 is 0 Å². The summed E-state index contributed by atoms with van der Waals surface area (Å²) in [4.78, 5) is 23.7. The Kier molecular flexibility index (Phi) is 3.74. The van der Waals surface area contributed by atoms with Gasteiger partial charge in [-0.15, -0.1) is 0 Å². The van der Waals surface area contributed by atoms with E-state index in [0.717, 1.165) is 0 Å². The Labute approximate surface area is 125 Å². The van der Waals surface area contributed by atoms with Gasteiger partial charge in [-0.3, -0.25) is 9.59 Å². The third-order valence-corrected chi connectivity index (χ3v) is 2.97. The zero-order valence-corrected chi connectivity index (χ0v) is 11.4. The van der Waals surface area contributed by atoms with Crippen molar-refractivity contribution in [3.8, 4) is 0 Å². The lowest BCUT2D eigenvalue weighted by atomic mass is 10.2. The number of nitrogens with one attached hydrogen (secondary N) is 2. The second-order valence-corrected chi connectivity index (χ2v) is 4.51. The Balaban J connectivity index is 1.63. The lowest BCUT2D eigenvalue weighted by Gasteiger charge is -2.06. The first kappa shape index (κ1) is 13.7. The Bertz CT molecular complexity index is 692. The molecule has 0 spiro atoms. The molecule has 0 saturated carbocycles. The molecular formula is C16H12N2O4. The average Bonchev–Trinajstić information content (AvgIpc) is 3.23. The molecule has 0 aliphatic heterocycles. The van der Waals surface area contributed by atoms with Crippen molar-refractivity contribution in [3.63, 3.8) is 0 Å². The highest BCUT2D eigenvalue weighted by atomic mass is 16.3. The summed E-state index contributed by atoms with van der Waals surface area (Å²) < 4.78 is 9.71. The van der Waals surface area contributed by atoms with Gasteiger partial charge in [-0.25, -0.2) is 0 Å². The first-order valence-electron chi connectivity index (χ1n) is 6.49. The SMILES string of the molecule is O=C(Nc1ccc(NC(=O)c2ccoc2)cc1)c1ccoc1. The summed E-state index contributed by atoms with van der Waals surface area (Å²) in [6.45, 7) is 0. The summed E-state index contributed by atoms with van der Waals surface area (Å²) in [5.74, 6) is -0.520. The summed E-state index contributed by atoms with van der Waals surface area (Å²) in [5, 5.41) is 5.45. The highest BCUT2D eigenvalue weighted by molar-refractivity contribution is 6.05. The van der Waals surface area contributed by atoms with Crippen LogP contribution in [-0.4, -0.2) is 11.8 Å². The van der Waals surface area contributed by atoms with E-state index in [9.17, 15) is 9.59 Å². The van der Waals surface area contributed by atoms with E-state index in [1.807, 2.05) is 0 Å². The van der Waals surface area contributed by atoms with Crippen molar-refractivity contribution in [1.82, 2.24) is 0 Å². The van der Waals surface area contributed by atoms with Gasteiger partial charge in [-0.05, 0) is 36.4 Å². The molecule has 0 saturated heterocycles. The van der Waals surface area contributed by atoms with Crippen LogP contribution in [0.4, 0.5) is 11.4 Å². The largest absolute Gasteiger partial charge is 0.472 e. The summed E-state index contributed by atoms with van der Waals surface area (Å²) in [6, 6.07) is 9.95. The van der Waals surface area contributed by atoms with Gasteiger partial charge in [-0.2, -0.15) is 0 Å². The molecule has 1 aromatic carbocycles. The van der Waals surface area contributed by atoms with E-state index < -0.39 is 0 Å². The summed E-state index contributed by atoms with van der Waals surface area (Å²) in [6.07, 6.45) is 5.61. The van der Waals surface area contributed by atoms with E-state index in [1.54, 1.807) is 36.4 Å². The zero-order chi connectivity index (χ0) is 15.4. The molecule has 0 aliphatic rings. The van der Waals surface area contributed by atoms with Gasteiger partial charge < -0.3 is 19.5 Å². The van der Waals surface area contributed by atoms with Crippen LogP contribution < -0.4 is 10.6 Å². The normalized spacial score (nSPS) is 10.2. The van der Waals surface area contributed by atoms with Crippen LogP contribution in [0.1, 0.15) is 20.7 Å². The first-order chi connectivity index (χ1) is 10.7. The number of anilines is 2. The number of amides is 2. The molecular weight excluding hydrogens is 284 g/mol. The highest BCUT2D eigenvalue weighted by Gasteiger charge is 2.09. The minimum atomic E-state index is -0.260. The van der Waals surface area contributed by atoms with Crippen LogP contribution in [0, 0.1) is 0 Å². The number of rotatable bonds is 4. The number of hydrogen-bond acceptors (Lipinski definition) is 4. The van der Waals surface area contributed by atoms with Crippen LogP contribution >= 0.6 is 0 Å². The van der Waals surface area contributed by atoms with Crippen LogP contribution in [0.3, 0.4) is 0 Å². The van der Waals surface area contributed by atoms with Crippen LogP contribution in [-0.2, 0) is 0 Å². The molecule has 2 amide bonds. The van der Waals surface area contributed by atoms with E-state index in [2.05, 4.69) is 10.6 Å². The summed E-state index contributed by atoms with van der Waals surface area (Å²) in [5.41, 5.74) is 2.12. The molecule has 0 bridgehead atoms. The van der Waals surface area contributed by atoms with Gasteiger partial charge in [0.1, 0.15) is 12.5 Å². The number of furan rings is 2. The predicted molar refractivity (Wildman–Crippen MR) is 79.8 cm³/mol. The van der Waals surface area contributed by atoms with Crippen LogP contribution in [0.5, 0.6) is 0 Å². The predicted octanol–water partition coefficient (Wildman–Crippen LogP) is 3.38. The fourth-order valence-corrected chi connectivity index (χ4v) is 1.83. The van der Waals surface area contributed by atoms with E-state index in [-0.39, 0.29) is 11.8 Å². The quantitative estimate of drug-likeness (QED) is 0.773. The van der Waals surface area contributed by atoms with Crippen LogP contribution in [0.25, 0.3) is 0 Å². The second kappa shape index (κ2) is 6.01. The number of carbonyl (C=O) groups excluding carboxylic acids is 2. The van der Waals surface area contributed by atoms with Crippen molar-refractivity contribution in [3.05, 3.63) is 72.6 Å². The van der Waals surface area contributed by atoms with Crippen molar-refractivity contribution in [2.75, 3.05) is 10.6 Å². The van der Waals surface area contributed by atoms with Crippen molar-refractivity contribution in [1.29, 1.82) is 0 Å². The minimum absolute atomic E-state index is 0.260. The standard InChI is InChI=1S/C16H12N2O4/c19-15(11-5-7-21-9-11)17-13-1-2-14(4-3-13)18-16(20)12-6-8-22-10-12/h1-10H,(H,17,19)(H,18,20). The van der Waals surface area contributed by atoms with Gasteiger partial charge in [0.15, 0.2) is 0 Å². The number of benzene rings is 1. The summed E-state index contributed by atoms with van der Waals surface area (Å²) >= 11 is 0. The Morgan fingerprint density at radius 2 is 1.09 bits per heavy atom. The zero-order valence-electron chi connectivity index (χ0n) is 11.4. The molecule has 22 heavy (non-hydrogen) atoms. The average molecular weight is 296 g/mol. The molecule has 6 heteroatoms. The number of carbonyl (C=O) groups is 2. The first-order valence-corrected chi connectivity index (χ1v) is 6.49. The second-order valence-electron chi connectivity index (χ2n) is 4.51. The van der Waals surface area contributed by atoms with Gasteiger partial charge in [0.05, 0.1) is 23.7 Å². The molecule has 110 valence electrons. The van der Waals surface area contributed by atoms with Gasteiger partial charge >= 0.3 is 0 Å². The molecule has 2 heterocycles. The number of hydrogen-bond donors (Lipinski definition) is 2. The Morgan fingerprint density at radius 3 is 1.41 bits per heavy atom. The Hall–Kier alpha value is -3.28. The lowest BCUT2D eigenvalue weighted by molar-refractivity contribution is 0.101. The molecule has 0 atom stereocenters. The molecule has 0 fully saturated rings. The van der Waals surface area contributed by atoms with Crippen molar-refractivity contribution < 1.29 is 18.4 Å². The molecule has 3 aromatic rings. The van der Waals surface area contributed by atoms with Gasteiger partial charge in [-0.1, -0.05) is 0 Å². The molecule has 0 aliphatic carbocycles. The molecule has 2 aromatic heterocycles. The molecule has 0 radical (unpaired) electrons. The third-order valence-electron chi connectivity index (χ3n) is 2.97. The molecule has 0 unspecified atom stereocenters. The highest BCUT2D eigenvalue weighted by Crippen LogP contribution is 2.16. The maximum Gasteiger partial charge on any atom is 0.258 e. The molecule has 2 N–H and O–H groups in total. The van der Waals surface area contributed by atoms with Gasteiger partial charge in [0.25, 0.3) is 11.8 Å². The van der Waals surface area contributed by atoms with Crippen molar-refractivity contribution >= 4 is 23.2 Å². The maximum absolute atomic E-state index is 11.8. The monoisotopic (exact) mass is 296 g/mol. The Morgan fingerprint density at radius 1 is 0.682 bits per heavy atom. The lowest BCUT2D eigenvalue weighted by Crippen LogP contribution is -2.12. The van der Waals surface area contributed by atoms with E-state index in [0.29, 0.717) is 22.5 Å². The fraction of sp³-hybridized carbons (Fsp3) is 0. The summed E-state index contributed by atoms with van der Waals surface area (Å²) in [7, 11) is 0. The topological polar surface area (TPSA) is 84.5 Å².